The summed E-state index contributed by atoms with van der Waals surface area (Å²) < 4.78 is 13.6. The summed E-state index contributed by atoms with van der Waals surface area (Å²) in [6.45, 7) is 2.10. The standard InChI is InChI=1S/C10H13ClFN/c1-7(6-13)10(12)8-4-2-3-5-9(8)11/h2-5,7,10H,6,13H2,1H3. The minimum atomic E-state index is -1.07. The molecule has 13 heavy (non-hydrogen) atoms. The molecule has 0 aromatic heterocycles. The largest absolute Gasteiger partial charge is 0.330 e. The molecule has 0 fully saturated rings. The van der Waals surface area contributed by atoms with Gasteiger partial charge in [-0.2, -0.15) is 0 Å². The maximum absolute atomic E-state index is 13.6. The van der Waals surface area contributed by atoms with Gasteiger partial charge in [-0.15, -0.1) is 0 Å². The number of benzene rings is 1. The van der Waals surface area contributed by atoms with Crippen LogP contribution in [0.5, 0.6) is 0 Å². The highest BCUT2D eigenvalue weighted by Crippen LogP contribution is 2.30. The molecule has 0 saturated heterocycles. The summed E-state index contributed by atoms with van der Waals surface area (Å²) in [7, 11) is 0. The Labute approximate surface area is 82.7 Å². The third-order valence-electron chi connectivity index (χ3n) is 2.07. The number of hydrogen-bond donors (Lipinski definition) is 1. The molecular weight excluding hydrogens is 189 g/mol. The van der Waals surface area contributed by atoms with E-state index in [1.165, 1.54) is 0 Å². The van der Waals surface area contributed by atoms with Crippen molar-refractivity contribution >= 4 is 11.6 Å². The van der Waals surface area contributed by atoms with Gasteiger partial charge in [-0.05, 0) is 12.6 Å². The molecule has 2 N–H and O–H groups in total. The first kappa shape index (κ1) is 10.5. The third kappa shape index (κ3) is 2.42. The average Bonchev–Trinajstić information content (AvgIpc) is 2.16. The Kier molecular flexibility index (Phi) is 3.70. The van der Waals surface area contributed by atoms with Crippen molar-refractivity contribution in [3.63, 3.8) is 0 Å². The fraction of sp³-hybridized carbons (Fsp3) is 0.400. The summed E-state index contributed by atoms with van der Waals surface area (Å²) in [6.07, 6.45) is -1.07. The highest BCUT2D eigenvalue weighted by Gasteiger charge is 2.18. The van der Waals surface area contributed by atoms with E-state index in [0.717, 1.165) is 0 Å². The van der Waals surface area contributed by atoms with Gasteiger partial charge in [-0.25, -0.2) is 4.39 Å². The van der Waals surface area contributed by atoms with Gasteiger partial charge in [0.1, 0.15) is 6.17 Å². The lowest BCUT2D eigenvalue weighted by molar-refractivity contribution is 0.252. The van der Waals surface area contributed by atoms with Gasteiger partial charge in [0.2, 0.25) is 0 Å². The molecular formula is C10H13ClFN. The molecule has 3 heteroatoms. The lowest BCUT2D eigenvalue weighted by atomic mass is 9.99. The number of halogens is 2. The molecule has 2 atom stereocenters. The van der Waals surface area contributed by atoms with Crippen LogP contribution in [-0.4, -0.2) is 6.54 Å². The Bertz CT molecular complexity index is 277. The number of nitrogens with two attached hydrogens (primary N) is 1. The van der Waals surface area contributed by atoms with E-state index in [9.17, 15) is 4.39 Å². The van der Waals surface area contributed by atoms with Gasteiger partial charge >= 0.3 is 0 Å². The van der Waals surface area contributed by atoms with Gasteiger partial charge in [0.15, 0.2) is 0 Å². The van der Waals surface area contributed by atoms with Gasteiger partial charge < -0.3 is 5.73 Å². The van der Waals surface area contributed by atoms with E-state index in [0.29, 0.717) is 17.1 Å². The van der Waals surface area contributed by atoms with Gasteiger partial charge in [0.05, 0.1) is 0 Å². The fourth-order valence-electron chi connectivity index (χ4n) is 1.12. The molecule has 2 unspecified atom stereocenters. The zero-order valence-electron chi connectivity index (χ0n) is 7.50. The molecule has 1 aromatic rings. The summed E-state index contributed by atoms with van der Waals surface area (Å²) in [5.74, 6) is -0.195. The smallest absolute Gasteiger partial charge is 0.130 e. The topological polar surface area (TPSA) is 26.0 Å². The minimum Gasteiger partial charge on any atom is -0.330 e. The predicted octanol–water partition coefficient (Wildman–Crippen LogP) is 2.95. The molecule has 1 nitrogen and oxygen atoms in total. The zero-order chi connectivity index (χ0) is 9.84. The van der Waals surface area contributed by atoms with Gasteiger partial charge in [0, 0.05) is 16.5 Å². The normalized spacial score (nSPS) is 15.4. The van der Waals surface area contributed by atoms with Crippen LogP contribution in [0.15, 0.2) is 24.3 Å². The molecule has 0 spiro atoms. The molecule has 0 aliphatic rings. The molecule has 0 amide bonds. The Hall–Kier alpha value is -0.600. The van der Waals surface area contributed by atoms with E-state index in [1.54, 1.807) is 31.2 Å². The molecule has 72 valence electrons. The second-order valence-electron chi connectivity index (χ2n) is 3.14. The van der Waals surface area contributed by atoms with Crippen LogP contribution >= 0.6 is 11.6 Å². The van der Waals surface area contributed by atoms with Crippen molar-refractivity contribution in [3.8, 4) is 0 Å². The monoisotopic (exact) mass is 201 g/mol. The molecule has 0 aliphatic carbocycles. The van der Waals surface area contributed by atoms with Crippen molar-refractivity contribution in [2.45, 2.75) is 13.1 Å². The predicted molar refractivity (Wildman–Crippen MR) is 53.5 cm³/mol. The van der Waals surface area contributed by atoms with Crippen LogP contribution in [-0.2, 0) is 0 Å². The van der Waals surface area contributed by atoms with Crippen LogP contribution in [0.3, 0.4) is 0 Å². The molecule has 0 radical (unpaired) electrons. The van der Waals surface area contributed by atoms with Crippen LogP contribution in [0.25, 0.3) is 0 Å². The summed E-state index contributed by atoms with van der Waals surface area (Å²) in [4.78, 5) is 0. The fourth-order valence-corrected chi connectivity index (χ4v) is 1.36. The van der Waals surface area contributed by atoms with Crippen molar-refractivity contribution in [3.05, 3.63) is 34.9 Å². The van der Waals surface area contributed by atoms with Crippen LogP contribution in [0.2, 0.25) is 5.02 Å². The van der Waals surface area contributed by atoms with Gasteiger partial charge in [-0.3, -0.25) is 0 Å². The Morgan fingerprint density at radius 3 is 2.62 bits per heavy atom. The van der Waals surface area contributed by atoms with E-state index in [1.807, 2.05) is 0 Å². The summed E-state index contributed by atoms with van der Waals surface area (Å²) in [5.41, 5.74) is 5.91. The zero-order valence-corrected chi connectivity index (χ0v) is 8.26. The van der Waals surface area contributed by atoms with Crippen molar-refractivity contribution in [2.24, 2.45) is 11.7 Å². The Balaban J connectivity index is 2.88. The molecule has 1 aromatic carbocycles. The summed E-state index contributed by atoms with van der Waals surface area (Å²) in [5, 5.41) is 0.468. The number of rotatable bonds is 3. The highest BCUT2D eigenvalue weighted by atomic mass is 35.5. The van der Waals surface area contributed by atoms with Gasteiger partial charge in [-0.1, -0.05) is 36.7 Å². The van der Waals surface area contributed by atoms with E-state index in [4.69, 9.17) is 17.3 Å². The molecule has 0 aliphatic heterocycles. The first-order valence-corrected chi connectivity index (χ1v) is 4.63. The van der Waals surface area contributed by atoms with E-state index in [2.05, 4.69) is 0 Å². The van der Waals surface area contributed by atoms with Crippen molar-refractivity contribution in [2.75, 3.05) is 6.54 Å². The van der Waals surface area contributed by atoms with Crippen molar-refractivity contribution in [1.82, 2.24) is 0 Å². The average molecular weight is 202 g/mol. The van der Waals surface area contributed by atoms with Crippen LogP contribution in [0, 0.1) is 5.92 Å². The highest BCUT2D eigenvalue weighted by molar-refractivity contribution is 6.31. The van der Waals surface area contributed by atoms with Crippen molar-refractivity contribution < 1.29 is 4.39 Å². The Morgan fingerprint density at radius 1 is 1.46 bits per heavy atom. The van der Waals surface area contributed by atoms with E-state index >= 15 is 0 Å². The number of alkyl halides is 1. The lowest BCUT2D eigenvalue weighted by Crippen LogP contribution is -2.16. The minimum absolute atomic E-state index is 0.195. The number of hydrogen-bond acceptors (Lipinski definition) is 1. The molecule has 0 heterocycles. The van der Waals surface area contributed by atoms with Crippen LogP contribution in [0.4, 0.5) is 4.39 Å². The maximum Gasteiger partial charge on any atom is 0.130 e. The molecule has 1 rings (SSSR count). The van der Waals surface area contributed by atoms with Crippen LogP contribution < -0.4 is 5.73 Å². The van der Waals surface area contributed by atoms with E-state index in [-0.39, 0.29) is 5.92 Å². The molecule has 0 bridgehead atoms. The second-order valence-corrected chi connectivity index (χ2v) is 3.54. The lowest BCUT2D eigenvalue weighted by Gasteiger charge is -2.15. The van der Waals surface area contributed by atoms with Gasteiger partial charge in [0.25, 0.3) is 0 Å². The summed E-state index contributed by atoms with van der Waals surface area (Å²) in [6, 6.07) is 6.94. The van der Waals surface area contributed by atoms with Crippen molar-refractivity contribution in [1.29, 1.82) is 0 Å². The van der Waals surface area contributed by atoms with E-state index < -0.39 is 6.17 Å². The third-order valence-corrected chi connectivity index (χ3v) is 2.42. The first-order valence-electron chi connectivity index (χ1n) is 4.25. The quantitative estimate of drug-likeness (QED) is 0.800. The SMILES string of the molecule is CC(CN)C(F)c1ccccc1Cl. The Morgan fingerprint density at radius 2 is 2.08 bits per heavy atom. The summed E-state index contributed by atoms with van der Waals surface area (Å²) >= 11 is 5.84. The second kappa shape index (κ2) is 4.58. The first-order chi connectivity index (χ1) is 6.16. The maximum atomic E-state index is 13.6. The molecule has 0 saturated carbocycles. The van der Waals surface area contributed by atoms with Crippen LogP contribution in [0.1, 0.15) is 18.7 Å².